The number of pyridine rings is 1. The number of alkyl halides is 3. The molecule has 1 rings (SSSR count). The summed E-state index contributed by atoms with van der Waals surface area (Å²) in [5, 5.41) is 8.51. The smallest absolute Gasteiger partial charge is 0.417 e. The molecule has 104 valence electrons. The van der Waals surface area contributed by atoms with Crippen LogP contribution >= 0.6 is 11.8 Å². The van der Waals surface area contributed by atoms with Crippen LogP contribution in [0.4, 0.5) is 13.2 Å². The van der Waals surface area contributed by atoms with Crippen LogP contribution in [0.3, 0.4) is 0 Å². The number of rotatable bonds is 5. The lowest BCUT2D eigenvalue weighted by atomic mass is 10.1. The molecular weight excluding hydrogens is 283 g/mol. The average molecular weight is 293 g/mol. The molecule has 0 aliphatic heterocycles. The Morgan fingerprint density at radius 1 is 1.42 bits per heavy atom. The predicted molar refractivity (Wildman–Crippen MR) is 62.2 cm³/mol. The number of carboxylic acid groups (broad SMARTS) is 1. The Bertz CT molecular complexity index is 502. The Balaban J connectivity index is 3.18. The highest BCUT2D eigenvalue weighted by atomic mass is 32.2. The van der Waals surface area contributed by atoms with Gasteiger partial charge in [0.2, 0.25) is 0 Å². The quantitative estimate of drug-likeness (QED) is 0.513. The highest BCUT2D eigenvalue weighted by molar-refractivity contribution is 7.99. The molecule has 8 heteroatoms. The minimum atomic E-state index is -4.55. The van der Waals surface area contributed by atoms with Gasteiger partial charge in [0.25, 0.3) is 0 Å². The van der Waals surface area contributed by atoms with Gasteiger partial charge in [0, 0.05) is 11.1 Å². The minimum Gasteiger partial charge on any atom is -0.481 e. The highest BCUT2D eigenvalue weighted by Crippen LogP contribution is 2.32. The summed E-state index contributed by atoms with van der Waals surface area (Å²) in [6, 6.07) is 0.816. The van der Waals surface area contributed by atoms with E-state index in [-0.39, 0.29) is 10.6 Å². The van der Waals surface area contributed by atoms with Gasteiger partial charge >= 0.3 is 12.1 Å². The molecule has 0 aliphatic rings. The van der Waals surface area contributed by atoms with E-state index in [4.69, 9.17) is 5.11 Å². The second-order valence-electron chi connectivity index (χ2n) is 3.50. The summed E-state index contributed by atoms with van der Waals surface area (Å²) in [5.41, 5.74) is -1.20. The molecule has 0 fully saturated rings. The molecule has 1 N–H and O–H groups in total. The maximum Gasteiger partial charge on any atom is 0.417 e. The van der Waals surface area contributed by atoms with E-state index in [1.54, 1.807) is 6.92 Å². The van der Waals surface area contributed by atoms with E-state index < -0.39 is 29.9 Å². The van der Waals surface area contributed by atoms with E-state index >= 15 is 0 Å². The summed E-state index contributed by atoms with van der Waals surface area (Å²) in [4.78, 5) is 25.5. The first-order chi connectivity index (χ1) is 8.75. The third-order valence-corrected chi connectivity index (χ3v) is 2.97. The van der Waals surface area contributed by atoms with E-state index in [9.17, 15) is 22.8 Å². The Kier molecular flexibility index (Phi) is 4.93. The third-order valence-electron chi connectivity index (χ3n) is 2.06. The largest absolute Gasteiger partial charge is 0.481 e. The first-order valence-corrected chi connectivity index (χ1v) is 6.19. The summed E-state index contributed by atoms with van der Waals surface area (Å²) in [7, 11) is 0. The molecule has 0 aromatic carbocycles. The number of aromatic nitrogens is 1. The zero-order chi connectivity index (χ0) is 14.6. The molecule has 0 bridgehead atoms. The summed E-state index contributed by atoms with van der Waals surface area (Å²) < 4.78 is 37.6. The fourth-order valence-corrected chi connectivity index (χ4v) is 2.12. The van der Waals surface area contributed by atoms with E-state index in [1.165, 1.54) is 0 Å². The zero-order valence-corrected chi connectivity index (χ0v) is 10.6. The van der Waals surface area contributed by atoms with E-state index in [0.29, 0.717) is 11.9 Å². The van der Waals surface area contributed by atoms with Crippen molar-refractivity contribution in [3.05, 3.63) is 23.5 Å². The number of nitrogens with zero attached hydrogens (tertiary/aromatic N) is 1. The second-order valence-corrected chi connectivity index (χ2v) is 4.80. The van der Waals surface area contributed by atoms with E-state index in [1.807, 2.05) is 0 Å². The van der Waals surface area contributed by atoms with Crippen molar-refractivity contribution in [2.45, 2.75) is 24.4 Å². The monoisotopic (exact) mass is 293 g/mol. The molecule has 0 saturated carbocycles. The van der Waals surface area contributed by atoms with Crippen molar-refractivity contribution in [2.75, 3.05) is 5.75 Å². The van der Waals surface area contributed by atoms with Gasteiger partial charge in [0.05, 0.1) is 5.56 Å². The lowest BCUT2D eigenvalue weighted by Crippen LogP contribution is -2.13. The highest BCUT2D eigenvalue weighted by Gasteiger charge is 2.32. The van der Waals surface area contributed by atoms with Crippen LogP contribution in [-0.4, -0.2) is 27.6 Å². The summed E-state index contributed by atoms with van der Waals surface area (Å²) in [6.45, 7) is 1.70. The number of halogens is 3. The molecule has 1 aromatic heterocycles. The molecule has 0 radical (unpaired) electrons. The number of Topliss-reactive ketones (excluding diaryl/α,β-unsaturated/α-hetero) is 1. The van der Waals surface area contributed by atoms with Gasteiger partial charge in [-0.2, -0.15) is 13.2 Å². The Labute approximate surface area is 111 Å². The van der Waals surface area contributed by atoms with E-state index in [2.05, 4.69) is 4.98 Å². The molecule has 0 atom stereocenters. The van der Waals surface area contributed by atoms with Crippen molar-refractivity contribution in [3.8, 4) is 0 Å². The van der Waals surface area contributed by atoms with Gasteiger partial charge in [0.15, 0.2) is 5.78 Å². The van der Waals surface area contributed by atoms with Crippen LogP contribution in [0.25, 0.3) is 0 Å². The first-order valence-electron chi connectivity index (χ1n) is 5.20. The average Bonchev–Trinajstić information content (AvgIpc) is 2.27. The summed E-state index contributed by atoms with van der Waals surface area (Å²) in [5.74, 6) is -1.72. The zero-order valence-electron chi connectivity index (χ0n) is 9.82. The van der Waals surface area contributed by atoms with Gasteiger partial charge < -0.3 is 5.11 Å². The lowest BCUT2D eigenvalue weighted by Gasteiger charge is -2.10. The fourth-order valence-electron chi connectivity index (χ4n) is 1.30. The molecular formula is C11H10F3NO3S. The summed E-state index contributed by atoms with van der Waals surface area (Å²) in [6.07, 6.45) is -4.81. The molecule has 19 heavy (non-hydrogen) atoms. The van der Waals surface area contributed by atoms with Crippen molar-refractivity contribution in [2.24, 2.45) is 0 Å². The van der Waals surface area contributed by atoms with Gasteiger partial charge in [-0.1, -0.05) is 6.92 Å². The van der Waals surface area contributed by atoms with Crippen molar-refractivity contribution >= 4 is 23.5 Å². The molecule has 1 aromatic rings. The van der Waals surface area contributed by atoms with E-state index in [0.717, 1.165) is 17.8 Å². The van der Waals surface area contributed by atoms with Gasteiger partial charge in [-0.15, -0.1) is 11.8 Å². The standard InChI is InChI=1S/C11H10F3NO3S/c1-2-19-8-3-6(11(12,13)14)5-15-10(8)7(16)4-9(17)18/h3,5H,2,4H2,1H3,(H,17,18). The number of hydrogen-bond acceptors (Lipinski definition) is 4. The van der Waals surface area contributed by atoms with Crippen LogP contribution < -0.4 is 0 Å². The number of carbonyl (C=O) groups is 2. The van der Waals surface area contributed by atoms with Crippen LogP contribution in [0.2, 0.25) is 0 Å². The number of carbonyl (C=O) groups excluding carboxylic acids is 1. The van der Waals surface area contributed by atoms with Crippen LogP contribution in [0.1, 0.15) is 29.4 Å². The molecule has 0 aliphatic carbocycles. The van der Waals surface area contributed by atoms with Crippen molar-refractivity contribution < 1.29 is 27.9 Å². The number of hydrogen-bond donors (Lipinski definition) is 1. The number of thioether (sulfide) groups is 1. The molecule has 0 amide bonds. The number of carboxylic acids is 1. The molecule has 0 spiro atoms. The number of aliphatic carboxylic acids is 1. The minimum absolute atomic E-state index is 0.0450. The maximum absolute atomic E-state index is 12.5. The lowest BCUT2D eigenvalue weighted by molar-refractivity contribution is -0.138. The number of ketones is 1. The Morgan fingerprint density at radius 3 is 2.53 bits per heavy atom. The molecule has 0 saturated heterocycles. The van der Waals surface area contributed by atoms with Crippen molar-refractivity contribution in [1.29, 1.82) is 0 Å². The van der Waals surface area contributed by atoms with Gasteiger partial charge in [-0.25, -0.2) is 0 Å². The summed E-state index contributed by atoms with van der Waals surface area (Å²) >= 11 is 1.01. The van der Waals surface area contributed by atoms with Gasteiger partial charge in [0.1, 0.15) is 12.1 Å². The van der Waals surface area contributed by atoms with Crippen LogP contribution in [0.5, 0.6) is 0 Å². The molecule has 4 nitrogen and oxygen atoms in total. The van der Waals surface area contributed by atoms with Crippen LogP contribution in [-0.2, 0) is 11.0 Å². The maximum atomic E-state index is 12.5. The van der Waals surface area contributed by atoms with Crippen LogP contribution in [0, 0.1) is 0 Å². The van der Waals surface area contributed by atoms with Gasteiger partial charge in [-0.3, -0.25) is 14.6 Å². The third kappa shape index (κ3) is 4.23. The topological polar surface area (TPSA) is 67.3 Å². The second kappa shape index (κ2) is 6.05. The Morgan fingerprint density at radius 2 is 2.05 bits per heavy atom. The predicted octanol–water partition coefficient (Wildman–Crippen LogP) is 2.87. The molecule has 0 unspecified atom stereocenters. The van der Waals surface area contributed by atoms with Crippen molar-refractivity contribution in [1.82, 2.24) is 4.98 Å². The SMILES string of the molecule is CCSc1cc(C(F)(F)F)cnc1C(=O)CC(=O)O. The van der Waals surface area contributed by atoms with Gasteiger partial charge in [-0.05, 0) is 11.8 Å². The molecule has 1 heterocycles. The normalized spacial score (nSPS) is 11.4. The first kappa shape index (κ1) is 15.5. The Hall–Kier alpha value is -1.57. The van der Waals surface area contributed by atoms with Crippen LogP contribution in [0.15, 0.2) is 17.2 Å². The fraction of sp³-hybridized carbons (Fsp3) is 0.364. The van der Waals surface area contributed by atoms with Crippen molar-refractivity contribution in [3.63, 3.8) is 0 Å².